The SMILES string of the molecule is Cc1cc2c3c(c1)N(c1ccccc1-c1ccccn1)c1cc(C)cc4c1B3c1c(cc(C)cc1[Si]4(C)C)N2c1ccccc1-c1ccccn1. The van der Waals surface area contributed by atoms with Gasteiger partial charge in [-0.2, -0.15) is 0 Å². The normalized spacial score (nSPS) is 14.4. The summed E-state index contributed by atoms with van der Waals surface area (Å²) in [6, 6.07) is 44.7. The molecule has 0 spiro atoms. The van der Waals surface area contributed by atoms with Gasteiger partial charge in [0.1, 0.15) is 8.07 Å². The second-order valence-corrected chi connectivity index (χ2v) is 19.2. The molecule has 2 aromatic heterocycles. The zero-order valence-corrected chi connectivity index (χ0v) is 30.6. The van der Waals surface area contributed by atoms with E-state index in [0.29, 0.717) is 0 Å². The summed E-state index contributed by atoms with van der Waals surface area (Å²) >= 11 is 0. The Labute approximate surface area is 301 Å². The summed E-state index contributed by atoms with van der Waals surface area (Å²) in [5.41, 5.74) is 19.7. The number of benzene rings is 5. The van der Waals surface area contributed by atoms with Crippen LogP contribution in [-0.2, 0) is 0 Å². The van der Waals surface area contributed by atoms with Crippen molar-refractivity contribution in [2.24, 2.45) is 0 Å². The molecule has 0 aliphatic carbocycles. The van der Waals surface area contributed by atoms with Crippen LogP contribution in [-0.4, -0.2) is 24.8 Å². The Kier molecular flexibility index (Phi) is 6.43. The van der Waals surface area contributed by atoms with Gasteiger partial charge in [-0.05, 0) is 115 Å². The fourth-order valence-corrected chi connectivity index (χ4v) is 12.5. The lowest BCUT2D eigenvalue weighted by Crippen LogP contribution is -2.79. The third-order valence-corrected chi connectivity index (χ3v) is 14.8. The van der Waals surface area contributed by atoms with Crippen molar-refractivity contribution in [3.63, 3.8) is 0 Å². The largest absolute Gasteiger partial charge is 0.311 e. The molecule has 0 saturated carbocycles. The van der Waals surface area contributed by atoms with E-state index in [1.165, 1.54) is 55.8 Å². The van der Waals surface area contributed by atoms with Crippen molar-refractivity contribution in [2.75, 3.05) is 9.80 Å². The van der Waals surface area contributed by atoms with E-state index in [4.69, 9.17) is 9.97 Å². The lowest BCUT2D eigenvalue weighted by molar-refractivity contribution is 1.22. The van der Waals surface area contributed by atoms with Crippen LogP contribution in [0.25, 0.3) is 22.5 Å². The highest BCUT2D eigenvalue weighted by molar-refractivity contribution is 7.16. The fourth-order valence-electron chi connectivity index (χ4n) is 9.16. The highest BCUT2D eigenvalue weighted by Gasteiger charge is 2.52. The van der Waals surface area contributed by atoms with E-state index in [-0.39, 0.29) is 6.71 Å². The van der Waals surface area contributed by atoms with Gasteiger partial charge < -0.3 is 9.80 Å². The molecule has 0 atom stereocenters. The number of aromatic nitrogens is 2. The molecule has 7 aromatic rings. The summed E-state index contributed by atoms with van der Waals surface area (Å²) in [5.74, 6) is 0. The Morgan fingerprint density at radius 1 is 0.451 bits per heavy atom. The molecule has 0 unspecified atom stereocenters. The molecule has 0 radical (unpaired) electrons. The van der Waals surface area contributed by atoms with Crippen LogP contribution < -0.4 is 36.6 Å². The van der Waals surface area contributed by atoms with E-state index in [9.17, 15) is 0 Å². The molecule has 3 aliphatic heterocycles. The predicted molar refractivity (Wildman–Crippen MR) is 218 cm³/mol. The first-order valence-corrected chi connectivity index (χ1v) is 20.9. The topological polar surface area (TPSA) is 32.3 Å². The molecule has 0 fully saturated rings. The second-order valence-electron chi connectivity index (χ2n) is 14.9. The summed E-state index contributed by atoms with van der Waals surface area (Å²) in [5, 5.41) is 3.10. The van der Waals surface area contributed by atoms with Crippen LogP contribution in [0.5, 0.6) is 0 Å². The molecule has 5 heterocycles. The summed E-state index contributed by atoms with van der Waals surface area (Å²) in [6.45, 7) is 12.0. The van der Waals surface area contributed by atoms with Gasteiger partial charge in [-0.25, -0.2) is 0 Å². The van der Waals surface area contributed by atoms with Crippen LogP contribution in [0.3, 0.4) is 0 Å². The molecule has 5 aromatic carbocycles. The third-order valence-electron chi connectivity index (χ3n) is 11.2. The summed E-state index contributed by atoms with van der Waals surface area (Å²) in [4.78, 5) is 14.8. The Bertz CT molecular complexity index is 2390. The maximum atomic E-state index is 4.86. The summed E-state index contributed by atoms with van der Waals surface area (Å²) in [6.07, 6.45) is 3.79. The molecule has 6 heteroatoms. The van der Waals surface area contributed by atoms with Gasteiger partial charge in [0.25, 0.3) is 6.71 Å². The van der Waals surface area contributed by atoms with Gasteiger partial charge in [-0.15, -0.1) is 0 Å². The van der Waals surface area contributed by atoms with Crippen molar-refractivity contribution in [3.8, 4) is 22.5 Å². The van der Waals surface area contributed by atoms with E-state index in [2.05, 4.69) is 153 Å². The molecule has 0 N–H and O–H groups in total. The molecular formula is C45H37BN4Si. The summed E-state index contributed by atoms with van der Waals surface area (Å²) in [7, 11) is -2.18. The molecule has 0 bridgehead atoms. The first-order chi connectivity index (χ1) is 24.8. The molecule has 51 heavy (non-hydrogen) atoms. The number of nitrogens with zero attached hydrogens (tertiary/aromatic N) is 4. The quantitative estimate of drug-likeness (QED) is 0.178. The van der Waals surface area contributed by atoms with Gasteiger partial charge in [0.15, 0.2) is 0 Å². The lowest BCUT2D eigenvalue weighted by Gasteiger charge is -2.50. The molecule has 3 aliphatic rings. The minimum absolute atomic E-state index is 0.129. The Hall–Kier alpha value is -5.72. The maximum Gasteiger partial charge on any atom is 0.251 e. The predicted octanol–water partition coefficient (Wildman–Crippen LogP) is 7.95. The third kappa shape index (κ3) is 4.26. The number of pyridine rings is 2. The van der Waals surface area contributed by atoms with Crippen LogP contribution in [0.1, 0.15) is 16.7 Å². The van der Waals surface area contributed by atoms with Gasteiger partial charge in [-0.3, -0.25) is 9.97 Å². The van der Waals surface area contributed by atoms with E-state index >= 15 is 0 Å². The van der Waals surface area contributed by atoms with Crippen molar-refractivity contribution < 1.29 is 0 Å². The Balaban J connectivity index is 1.36. The highest BCUT2D eigenvalue weighted by atomic mass is 28.3. The molecule has 0 saturated heterocycles. The highest BCUT2D eigenvalue weighted by Crippen LogP contribution is 2.48. The van der Waals surface area contributed by atoms with Crippen molar-refractivity contribution in [1.82, 2.24) is 9.97 Å². The number of hydrogen-bond donors (Lipinski definition) is 0. The number of hydrogen-bond acceptors (Lipinski definition) is 4. The number of rotatable bonds is 4. The fraction of sp³-hybridized carbons (Fsp3) is 0.111. The first kappa shape index (κ1) is 30.1. The molecular weight excluding hydrogens is 635 g/mol. The van der Waals surface area contributed by atoms with Gasteiger partial charge in [0.05, 0.1) is 22.8 Å². The Morgan fingerprint density at radius 2 is 0.843 bits per heavy atom. The van der Waals surface area contributed by atoms with Crippen LogP contribution in [0.2, 0.25) is 13.1 Å². The average Bonchev–Trinajstić information content (AvgIpc) is 3.14. The molecule has 10 rings (SSSR count). The second kappa shape index (κ2) is 10.9. The number of anilines is 6. The van der Waals surface area contributed by atoms with Crippen molar-refractivity contribution in [2.45, 2.75) is 33.9 Å². The molecule has 244 valence electrons. The van der Waals surface area contributed by atoms with Gasteiger partial charge in [-0.1, -0.05) is 84.1 Å². The minimum Gasteiger partial charge on any atom is -0.311 e. The van der Waals surface area contributed by atoms with Crippen LogP contribution >= 0.6 is 0 Å². The van der Waals surface area contributed by atoms with Gasteiger partial charge >= 0.3 is 0 Å². The standard InChI is InChI=1S/C45H37BN4Si/c1-28-22-37-43-38(23-28)50(36-19-9-7-15-32(36)34-17-11-13-21-48-34)40-25-30(3)27-42-45(40)46(43)44-39(24-29(2)26-41(44)51(42,4)5)49(37)35-18-8-6-14-31(35)33-16-10-12-20-47-33/h6-27H,1-5H3. The minimum atomic E-state index is -2.18. The van der Waals surface area contributed by atoms with E-state index in [0.717, 1.165) is 33.9 Å². The van der Waals surface area contributed by atoms with Crippen molar-refractivity contribution >= 4 is 75.7 Å². The number of aryl methyl sites for hydroxylation is 3. The van der Waals surface area contributed by atoms with Crippen LogP contribution in [0, 0.1) is 20.8 Å². The van der Waals surface area contributed by atoms with Crippen LogP contribution in [0.15, 0.2) is 134 Å². The van der Waals surface area contributed by atoms with E-state index < -0.39 is 8.07 Å². The van der Waals surface area contributed by atoms with Gasteiger partial charge in [0, 0.05) is 46.3 Å². The van der Waals surface area contributed by atoms with Crippen LogP contribution in [0.4, 0.5) is 34.1 Å². The summed E-state index contributed by atoms with van der Waals surface area (Å²) < 4.78 is 0. The van der Waals surface area contributed by atoms with Crippen molar-refractivity contribution in [3.05, 3.63) is 150 Å². The van der Waals surface area contributed by atoms with E-state index in [1.807, 2.05) is 24.5 Å². The average molecular weight is 673 g/mol. The zero-order chi connectivity index (χ0) is 34.6. The van der Waals surface area contributed by atoms with E-state index in [1.54, 1.807) is 10.4 Å². The lowest BCUT2D eigenvalue weighted by atomic mass is 9.33. The smallest absolute Gasteiger partial charge is 0.251 e. The maximum absolute atomic E-state index is 4.86. The monoisotopic (exact) mass is 672 g/mol. The Morgan fingerprint density at radius 3 is 1.27 bits per heavy atom. The zero-order valence-electron chi connectivity index (χ0n) is 29.6. The van der Waals surface area contributed by atoms with Crippen molar-refractivity contribution in [1.29, 1.82) is 0 Å². The first-order valence-electron chi connectivity index (χ1n) is 17.9. The van der Waals surface area contributed by atoms with Gasteiger partial charge in [0.2, 0.25) is 0 Å². The molecule has 0 amide bonds. The number of para-hydroxylation sites is 2. The molecule has 4 nitrogen and oxygen atoms in total.